The van der Waals surface area contributed by atoms with Crippen LogP contribution in [-0.2, 0) is 4.79 Å². The van der Waals surface area contributed by atoms with Gasteiger partial charge in [0.25, 0.3) is 0 Å². The zero-order valence-corrected chi connectivity index (χ0v) is 13.3. The number of urea groups is 1. The number of carboxylic acid groups (broad SMARTS) is 1. The molecule has 0 radical (unpaired) electrons. The largest absolute Gasteiger partial charge is 0.481 e. The van der Waals surface area contributed by atoms with E-state index in [1.165, 1.54) is 0 Å². The molecule has 1 fully saturated rings. The second-order valence-electron chi connectivity index (χ2n) is 7.35. The number of hydrogen-bond acceptors (Lipinski definition) is 2. The first kappa shape index (κ1) is 16.8. The second kappa shape index (κ2) is 6.46. The molecule has 5 nitrogen and oxygen atoms in total. The van der Waals surface area contributed by atoms with E-state index in [0.29, 0.717) is 18.3 Å². The standard InChI is InChI=1S/C15H28N2O3/c1-10-8-17(9-11(10)2)14(20)16-7-12(13(18)19)6-15(3,4)5/h10-12H,6-9H2,1-5H3,(H,16,20)(H,18,19). The highest BCUT2D eigenvalue weighted by Gasteiger charge is 2.30. The fourth-order valence-electron chi connectivity index (χ4n) is 2.60. The summed E-state index contributed by atoms with van der Waals surface area (Å²) in [5.74, 6) is -0.365. The van der Waals surface area contributed by atoms with Gasteiger partial charge in [0, 0.05) is 19.6 Å². The van der Waals surface area contributed by atoms with Gasteiger partial charge in [0.15, 0.2) is 0 Å². The van der Waals surface area contributed by atoms with Crippen LogP contribution < -0.4 is 5.32 Å². The summed E-state index contributed by atoms with van der Waals surface area (Å²) in [4.78, 5) is 25.1. The van der Waals surface area contributed by atoms with Crippen LogP contribution in [0.4, 0.5) is 4.79 Å². The number of amides is 2. The Labute approximate surface area is 121 Å². The molecule has 3 atom stereocenters. The van der Waals surface area contributed by atoms with E-state index >= 15 is 0 Å². The Bertz CT molecular complexity index is 353. The van der Waals surface area contributed by atoms with Crippen molar-refractivity contribution in [3.8, 4) is 0 Å². The molecular formula is C15H28N2O3. The van der Waals surface area contributed by atoms with Crippen molar-refractivity contribution >= 4 is 12.0 Å². The Hall–Kier alpha value is -1.26. The average Bonchev–Trinajstić information content (AvgIpc) is 2.63. The predicted molar refractivity (Wildman–Crippen MR) is 78.5 cm³/mol. The lowest BCUT2D eigenvalue weighted by Crippen LogP contribution is -2.42. The zero-order chi connectivity index (χ0) is 15.5. The summed E-state index contributed by atoms with van der Waals surface area (Å²) in [5, 5.41) is 12.0. The minimum absolute atomic E-state index is 0.0650. The van der Waals surface area contributed by atoms with Gasteiger partial charge in [-0.05, 0) is 23.7 Å². The van der Waals surface area contributed by atoms with Crippen molar-refractivity contribution in [2.75, 3.05) is 19.6 Å². The Balaban J connectivity index is 2.47. The first-order valence-electron chi connectivity index (χ1n) is 7.35. The van der Waals surface area contributed by atoms with Crippen LogP contribution >= 0.6 is 0 Å². The molecule has 0 bridgehead atoms. The Morgan fingerprint density at radius 2 is 1.75 bits per heavy atom. The molecule has 1 aliphatic heterocycles. The number of rotatable bonds is 4. The highest BCUT2D eigenvalue weighted by molar-refractivity contribution is 5.76. The lowest BCUT2D eigenvalue weighted by molar-refractivity contribution is -0.142. The number of nitrogens with zero attached hydrogens (tertiary/aromatic N) is 1. The van der Waals surface area contributed by atoms with Crippen LogP contribution in [0.1, 0.15) is 41.0 Å². The third-order valence-electron chi connectivity index (χ3n) is 3.98. The average molecular weight is 284 g/mol. The summed E-state index contributed by atoms with van der Waals surface area (Å²) in [6, 6.07) is -0.138. The van der Waals surface area contributed by atoms with E-state index in [9.17, 15) is 14.7 Å². The van der Waals surface area contributed by atoms with Gasteiger partial charge >= 0.3 is 12.0 Å². The monoisotopic (exact) mass is 284 g/mol. The molecule has 2 N–H and O–H groups in total. The zero-order valence-electron chi connectivity index (χ0n) is 13.3. The first-order chi connectivity index (χ1) is 9.10. The van der Waals surface area contributed by atoms with Crippen LogP contribution in [0.5, 0.6) is 0 Å². The molecule has 0 aromatic heterocycles. The summed E-state index contributed by atoms with van der Waals surface area (Å²) in [7, 11) is 0. The quantitative estimate of drug-likeness (QED) is 0.833. The van der Waals surface area contributed by atoms with E-state index in [2.05, 4.69) is 19.2 Å². The van der Waals surface area contributed by atoms with Crippen molar-refractivity contribution in [1.29, 1.82) is 0 Å². The third kappa shape index (κ3) is 5.02. The fourth-order valence-corrected chi connectivity index (χ4v) is 2.60. The van der Waals surface area contributed by atoms with Crippen molar-refractivity contribution in [3.63, 3.8) is 0 Å². The van der Waals surface area contributed by atoms with Gasteiger partial charge < -0.3 is 15.3 Å². The van der Waals surface area contributed by atoms with E-state index in [1.807, 2.05) is 20.8 Å². The maximum atomic E-state index is 12.1. The lowest BCUT2D eigenvalue weighted by atomic mass is 9.84. The number of likely N-dealkylation sites (tertiary alicyclic amines) is 1. The summed E-state index contributed by atoms with van der Waals surface area (Å²) < 4.78 is 0. The van der Waals surface area contributed by atoms with Gasteiger partial charge in [-0.3, -0.25) is 4.79 Å². The molecule has 0 aromatic carbocycles. The minimum Gasteiger partial charge on any atom is -0.481 e. The van der Waals surface area contributed by atoms with E-state index in [-0.39, 0.29) is 18.0 Å². The van der Waals surface area contributed by atoms with Gasteiger partial charge in [0.1, 0.15) is 0 Å². The van der Waals surface area contributed by atoms with E-state index in [1.54, 1.807) is 4.90 Å². The highest BCUT2D eigenvalue weighted by Crippen LogP contribution is 2.25. The number of carboxylic acids is 1. The molecule has 1 aliphatic rings. The van der Waals surface area contributed by atoms with Crippen molar-refractivity contribution in [3.05, 3.63) is 0 Å². The molecule has 0 saturated carbocycles. The van der Waals surface area contributed by atoms with E-state index in [4.69, 9.17) is 0 Å². The van der Waals surface area contributed by atoms with Gasteiger partial charge in [-0.1, -0.05) is 34.6 Å². The molecule has 0 aliphatic carbocycles. The van der Waals surface area contributed by atoms with Crippen LogP contribution in [0.15, 0.2) is 0 Å². The van der Waals surface area contributed by atoms with Gasteiger partial charge in [0.05, 0.1) is 5.92 Å². The molecule has 116 valence electrons. The summed E-state index contributed by atoms with van der Waals surface area (Å²) >= 11 is 0. The van der Waals surface area contributed by atoms with Gasteiger partial charge in [-0.15, -0.1) is 0 Å². The number of nitrogens with one attached hydrogen (secondary N) is 1. The van der Waals surface area contributed by atoms with Gasteiger partial charge in [-0.25, -0.2) is 4.79 Å². The summed E-state index contributed by atoms with van der Waals surface area (Å²) in [6.07, 6.45) is 0.551. The predicted octanol–water partition coefficient (Wildman–Crippen LogP) is 2.42. The number of carbonyl (C=O) groups excluding carboxylic acids is 1. The van der Waals surface area contributed by atoms with Crippen LogP contribution in [0.2, 0.25) is 0 Å². The van der Waals surface area contributed by atoms with E-state index < -0.39 is 11.9 Å². The van der Waals surface area contributed by atoms with Crippen LogP contribution in [-0.4, -0.2) is 41.6 Å². The second-order valence-corrected chi connectivity index (χ2v) is 7.35. The van der Waals surface area contributed by atoms with Gasteiger partial charge in [-0.2, -0.15) is 0 Å². The maximum Gasteiger partial charge on any atom is 0.317 e. The minimum atomic E-state index is -0.844. The lowest BCUT2D eigenvalue weighted by Gasteiger charge is -2.24. The Morgan fingerprint density at radius 3 is 2.15 bits per heavy atom. The van der Waals surface area contributed by atoms with Crippen LogP contribution in [0.3, 0.4) is 0 Å². The molecule has 0 spiro atoms. The molecule has 1 heterocycles. The first-order valence-corrected chi connectivity index (χ1v) is 7.35. The molecular weight excluding hydrogens is 256 g/mol. The number of carbonyl (C=O) groups is 2. The normalized spacial score (nSPS) is 24.6. The summed E-state index contributed by atoms with van der Waals surface area (Å²) in [5.41, 5.74) is -0.0650. The molecule has 2 amide bonds. The van der Waals surface area contributed by atoms with Crippen LogP contribution in [0.25, 0.3) is 0 Å². The van der Waals surface area contributed by atoms with Crippen molar-refractivity contribution in [2.45, 2.75) is 41.0 Å². The molecule has 0 aromatic rings. The smallest absolute Gasteiger partial charge is 0.317 e. The topological polar surface area (TPSA) is 69.6 Å². The van der Waals surface area contributed by atoms with E-state index in [0.717, 1.165) is 13.1 Å². The maximum absolute atomic E-state index is 12.1. The molecule has 1 rings (SSSR count). The summed E-state index contributed by atoms with van der Waals surface area (Å²) in [6.45, 7) is 12.0. The molecule has 5 heteroatoms. The van der Waals surface area contributed by atoms with Crippen molar-refractivity contribution in [2.24, 2.45) is 23.2 Å². The van der Waals surface area contributed by atoms with Crippen LogP contribution in [0, 0.1) is 23.2 Å². The van der Waals surface area contributed by atoms with Crippen molar-refractivity contribution in [1.82, 2.24) is 10.2 Å². The SMILES string of the molecule is CC1CN(C(=O)NCC(CC(C)(C)C)C(=O)O)CC1C. The Morgan fingerprint density at radius 1 is 1.25 bits per heavy atom. The van der Waals surface area contributed by atoms with Crippen molar-refractivity contribution < 1.29 is 14.7 Å². The fraction of sp³-hybridized carbons (Fsp3) is 0.867. The number of aliphatic carboxylic acids is 1. The van der Waals surface area contributed by atoms with Gasteiger partial charge in [0.2, 0.25) is 0 Å². The molecule has 3 unspecified atom stereocenters. The highest BCUT2D eigenvalue weighted by atomic mass is 16.4. The molecule has 1 saturated heterocycles. The molecule has 20 heavy (non-hydrogen) atoms. The Kier molecular flexibility index (Phi) is 5.42. The third-order valence-corrected chi connectivity index (χ3v) is 3.98. The number of hydrogen-bond donors (Lipinski definition) is 2.